The Morgan fingerprint density at radius 2 is 2.00 bits per heavy atom. The van der Waals surface area contributed by atoms with Crippen LogP contribution in [0.2, 0.25) is 0 Å². The van der Waals surface area contributed by atoms with Crippen molar-refractivity contribution >= 4 is 24.0 Å². The van der Waals surface area contributed by atoms with Crippen molar-refractivity contribution in [2.45, 2.75) is 58.5 Å². The maximum Gasteiger partial charge on any atom is 0.423 e. The molecule has 3 amide bonds. The van der Waals surface area contributed by atoms with Crippen LogP contribution in [0, 0.1) is 17.8 Å². The number of amides is 3. The molecule has 1 aromatic carbocycles. The number of rotatable bonds is 7. The summed E-state index contributed by atoms with van der Waals surface area (Å²) in [5, 5.41) is 9.79. The third-order valence-electron chi connectivity index (χ3n) is 7.33. The number of aromatic hydroxyl groups is 1. The standard InChI is InChI=1S/C27H33NO6/c1-4-7-16(12-17-8-6-9-19(29)13-17)10-11-22-23-18(5-2)14-20-24(21(23)15-34-22)26(31)28(25(20)30)27(32)33-3/h6,8-9,12-13,20-22,24,29H,4-5,7,10-11,14-15H2,1-3H3/b16-12+/t20-,21+,22-,24-/m1/s1. The van der Waals surface area contributed by atoms with Crippen molar-refractivity contribution in [2.24, 2.45) is 17.8 Å². The Bertz CT molecular complexity index is 1040. The molecule has 182 valence electrons. The van der Waals surface area contributed by atoms with Gasteiger partial charge in [0.2, 0.25) is 11.8 Å². The first-order valence-corrected chi connectivity index (χ1v) is 12.2. The quantitative estimate of drug-likeness (QED) is 0.455. The molecule has 0 radical (unpaired) electrons. The minimum Gasteiger partial charge on any atom is -0.508 e. The number of ether oxygens (including phenoxy) is 2. The number of allylic oxidation sites excluding steroid dienone is 2. The maximum absolute atomic E-state index is 13.1. The van der Waals surface area contributed by atoms with Crippen molar-refractivity contribution in [1.29, 1.82) is 0 Å². The molecule has 2 aliphatic heterocycles. The number of fused-ring (bicyclic) bond motifs is 3. The summed E-state index contributed by atoms with van der Waals surface area (Å²) in [6, 6.07) is 7.23. The van der Waals surface area contributed by atoms with Gasteiger partial charge in [-0.3, -0.25) is 9.59 Å². The molecule has 2 heterocycles. The summed E-state index contributed by atoms with van der Waals surface area (Å²) in [6.45, 7) is 4.60. The van der Waals surface area contributed by atoms with E-state index >= 15 is 0 Å². The second-order valence-corrected chi connectivity index (χ2v) is 9.35. The Balaban J connectivity index is 1.54. The molecule has 1 N–H and O–H groups in total. The van der Waals surface area contributed by atoms with E-state index in [1.807, 2.05) is 12.1 Å². The molecule has 0 spiro atoms. The summed E-state index contributed by atoms with van der Waals surface area (Å²) in [7, 11) is 1.18. The predicted molar refractivity (Wildman–Crippen MR) is 127 cm³/mol. The number of methoxy groups -OCH3 is 1. The largest absolute Gasteiger partial charge is 0.508 e. The average Bonchev–Trinajstić information content (AvgIpc) is 3.35. The number of phenols is 1. The lowest BCUT2D eigenvalue weighted by molar-refractivity contribution is -0.137. The first kappa shape index (κ1) is 24.2. The Labute approximate surface area is 200 Å². The number of imide groups is 3. The highest BCUT2D eigenvalue weighted by Crippen LogP contribution is 2.50. The van der Waals surface area contributed by atoms with Crippen LogP contribution in [0.4, 0.5) is 4.79 Å². The number of likely N-dealkylation sites (tertiary alicyclic amines) is 1. The molecule has 2 saturated heterocycles. The molecule has 4 rings (SSSR count). The van der Waals surface area contributed by atoms with E-state index in [2.05, 4.69) is 24.7 Å². The average molecular weight is 468 g/mol. The van der Waals surface area contributed by atoms with E-state index in [4.69, 9.17) is 4.74 Å². The van der Waals surface area contributed by atoms with Crippen LogP contribution in [0.5, 0.6) is 5.75 Å². The van der Waals surface area contributed by atoms with Crippen LogP contribution in [0.3, 0.4) is 0 Å². The summed E-state index contributed by atoms with van der Waals surface area (Å²) < 4.78 is 10.9. The summed E-state index contributed by atoms with van der Waals surface area (Å²) in [5.74, 6) is -1.90. The molecule has 3 aliphatic rings. The fourth-order valence-electron chi connectivity index (χ4n) is 5.84. The second-order valence-electron chi connectivity index (χ2n) is 9.35. The van der Waals surface area contributed by atoms with Gasteiger partial charge in [-0.25, -0.2) is 4.79 Å². The third-order valence-corrected chi connectivity index (χ3v) is 7.33. The van der Waals surface area contributed by atoms with Gasteiger partial charge in [0.05, 0.1) is 31.7 Å². The van der Waals surface area contributed by atoms with Crippen LogP contribution >= 0.6 is 0 Å². The van der Waals surface area contributed by atoms with Gasteiger partial charge in [0, 0.05) is 5.92 Å². The van der Waals surface area contributed by atoms with Gasteiger partial charge in [-0.2, -0.15) is 4.90 Å². The van der Waals surface area contributed by atoms with Gasteiger partial charge in [0.1, 0.15) is 5.75 Å². The minimum absolute atomic E-state index is 0.0968. The normalized spacial score (nSPS) is 26.7. The van der Waals surface area contributed by atoms with E-state index in [-0.39, 0.29) is 17.8 Å². The molecule has 1 aromatic rings. The monoisotopic (exact) mass is 467 g/mol. The summed E-state index contributed by atoms with van der Waals surface area (Å²) >= 11 is 0. The van der Waals surface area contributed by atoms with Crippen molar-refractivity contribution in [2.75, 3.05) is 13.7 Å². The molecule has 0 unspecified atom stereocenters. The van der Waals surface area contributed by atoms with Crippen LogP contribution in [0.15, 0.2) is 41.0 Å². The molecule has 0 aromatic heterocycles. The first-order valence-electron chi connectivity index (χ1n) is 12.2. The topological polar surface area (TPSA) is 93.1 Å². The summed E-state index contributed by atoms with van der Waals surface area (Å²) in [4.78, 5) is 38.7. The van der Waals surface area contributed by atoms with E-state index < -0.39 is 29.7 Å². The smallest absolute Gasteiger partial charge is 0.423 e. The zero-order valence-corrected chi connectivity index (χ0v) is 20.1. The highest BCUT2D eigenvalue weighted by atomic mass is 16.5. The number of carbonyl (C=O) groups excluding carboxylic acids is 3. The first-order chi connectivity index (χ1) is 16.4. The lowest BCUT2D eigenvalue weighted by Gasteiger charge is -2.31. The molecule has 0 bridgehead atoms. The van der Waals surface area contributed by atoms with Crippen LogP contribution in [0.1, 0.15) is 57.9 Å². The molecular formula is C27H33NO6. The van der Waals surface area contributed by atoms with E-state index in [1.54, 1.807) is 12.1 Å². The van der Waals surface area contributed by atoms with Crippen LogP contribution in [-0.4, -0.2) is 47.7 Å². The van der Waals surface area contributed by atoms with Crippen LogP contribution in [-0.2, 0) is 19.1 Å². The number of nitrogens with zero attached hydrogens (tertiary/aromatic N) is 1. The molecule has 7 nitrogen and oxygen atoms in total. The Kier molecular flexibility index (Phi) is 7.22. The molecule has 4 atom stereocenters. The van der Waals surface area contributed by atoms with Crippen molar-refractivity contribution in [1.82, 2.24) is 4.90 Å². The van der Waals surface area contributed by atoms with Gasteiger partial charge in [-0.05, 0) is 55.4 Å². The van der Waals surface area contributed by atoms with Crippen LogP contribution in [0.25, 0.3) is 6.08 Å². The molecule has 0 saturated carbocycles. The van der Waals surface area contributed by atoms with Crippen molar-refractivity contribution in [3.8, 4) is 5.75 Å². The second kappa shape index (κ2) is 10.1. The molecule has 1 aliphatic carbocycles. The number of hydrogen-bond donors (Lipinski definition) is 1. The third kappa shape index (κ3) is 4.41. The Morgan fingerprint density at radius 1 is 1.21 bits per heavy atom. The molecule has 2 fully saturated rings. The number of benzene rings is 1. The minimum atomic E-state index is -0.902. The lowest BCUT2D eigenvalue weighted by Crippen LogP contribution is -2.38. The molecule has 34 heavy (non-hydrogen) atoms. The van der Waals surface area contributed by atoms with E-state index in [1.165, 1.54) is 18.3 Å². The fraction of sp³-hybridized carbons (Fsp3) is 0.519. The van der Waals surface area contributed by atoms with Gasteiger partial charge in [0.25, 0.3) is 0 Å². The van der Waals surface area contributed by atoms with Gasteiger partial charge in [-0.1, -0.05) is 49.6 Å². The number of hydrogen-bond acceptors (Lipinski definition) is 6. The number of carbonyl (C=O) groups is 3. The highest BCUT2D eigenvalue weighted by molar-refractivity contribution is 6.16. The lowest BCUT2D eigenvalue weighted by atomic mass is 9.69. The van der Waals surface area contributed by atoms with E-state index in [9.17, 15) is 19.5 Å². The zero-order chi connectivity index (χ0) is 24.4. The van der Waals surface area contributed by atoms with Crippen LogP contribution < -0.4 is 0 Å². The Morgan fingerprint density at radius 3 is 2.68 bits per heavy atom. The fourth-order valence-corrected chi connectivity index (χ4v) is 5.84. The van der Waals surface area contributed by atoms with Crippen molar-refractivity contribution in [3.05, 3.63) is 46.5 Å². The summed E-state index contributed by atoms with van der Waals surface area (Å²) in [5.41, 5.74) is 4.59. The molecular weight excluding hydrogens is 434 g/mol. The number of phenolic OH excluding ortho intramolecular Hbond substituents is 1. The van der Waals surface area contributed by atoms with Gasteiger partial charge < -0.3 is 14.6 Å². The summed E-state index contributed by atoms with van der Waals surface area (Å²) in [6.07, 6.45) is 6.02. The maximum atomic E-state index is 13.1. The SMILES string of the molecule is CCC/C(=C\c1cccc(O)c1)CC[C@H]1OC[C@H]2C1=C(CC)C[C@H]1C(=O)N(C(=O)OC)C(=O)[C@H]12. The van der Waals surface area contributed by atoms with Gasteiger partial charge >= 0.3 is 6.09 Å². The Hall–Kier alpha value is -2.93. The predicted octanol–water partition coefficient (Wildman–Crippen LogP) is 4.85. The zero-order valence-electron chi connectivity index (χ0n) is 20.1. The van der Waals surface area contributed by atoms with Gasteiger partial charge in [0.15, 0.2) is 0 Å². The van der Waals surface area contributed by atoms with E-state index in [0.29, 0.717) is 17.9 Å². The highest BCUT2D eigenvalue weighted by Gasteiger charge is 2.58. The molecule has 7 heteroatoms. The van der Waals surface area contributed by atoms with Crippen molar-refractivity contribution < 1.29 is 29.0 Å². The van der Waals surface area contributed by atoms with Crippen molar-refractivity contribution in [3.63, 3.8) is 0 Å². The van der Waals surface area contributed by atoms with Gasteiger partial charge in [-0.15, -0.1) is 0 Å². The van der Waals surface area contributed by atoms with E-state index in [0.717, 1.165) is 43.2 Å².